The summed E-state index contributed by atoms with van der Waals surface area (Å²) in [6.07, 6.45) is 6.08. The van der Waals surface area contributed by atoms with Gasteiger partial charge < -0.3 is 10.4 Å². The predicted octanol–water partition coefficient (Wildman–Crippen LogP) is 2.43. The minimum absolute atomic E-state index is 0.305. The van der Waals surface area contributed by atoms with E-state index in [1.807, 2.05) is 0 Å². The largest absolute Gasteiger partial charge is 0.478 e. The molecule has 0 atom stereocenters. The predicted molar refractivity (Wildman–Crippen MR) is 74.7 cm³/mol. The molecule has 0 radical (unpaired) electrons. The molecule has 4 nitrogen and oxygen atoms in total. The van der Waals surface area contributed by atoms with Crippen LogP contribution in [0, 0.1) is 0 Å². The molecule has 5 heteroatoms. The second kappa shape index (κ2) is 6.09. The van der Waals surface area contributed by atoms with E-state index in [0.29, 0.717) is 11.4 Å². The molecule has 2 rings (SSSR count). The molecule has 1 aromatic rings. The highest BCUT2D eigenvalue weighted by Crippen LogP contribution is 2.25. The maximum absolute atomic E-state index is 11.2. The number of aromatic carboxylic acids is 1. The Kier molecular flexibility index (Phi) is 4.47. The topological polar surface area (TPSA) is 62.2 Å². The van der Waals surface area contributed by atoms with Gasteiger partial charge in [-0.05, 0) is 49.3 Å². The Balaban J connectivity index is 2.14. The fraction of sp³-hybridized carbons (Fsp3) is 0.538. The number of fused-ring (bicyclic) bond motifs is 1. The van der Waals surface area contributed by atoms with E-state index in [0.717, 1.165) is 49.2 Å². The minimum atomic E-state index is -0.899. The van der Waals surface area contributed by atoms with Crippen LogP contribution in [0.4, 0.5) is 5.82 Å². The fourth-order valence-electron chi connectivity index (χ4n) is 2.19. The summed E-state index contributed by atoms with van der Waals surface area (Å²) >= 11 is 1.79. The molecule has 1 aromatic heterocycles. The summed E-state index contributed by atoms with van der Waals surface area (Å²) in [6.45, 7) is 0.771. The van der Waals surface area contributed by atoms with Gasteiger partial charge in [-0.3, -0.25) is 0 Å². The number of hydrogen-bond donors (Lipinski definition) is 2. The van der Waals surface area contributed by atoms with E-state index in [9.17, 15) is 9.90 Å². The van der Waals surface area contributed by atoms with Crippen LogP contribution < -0.4 is 5.32 Å². The van der Waals surface area contributed by atoms with Gasteiger partial charge in [0, 0.05) is 12.2 Å². The van der Waals surface area contributed by atoms with Crippen molar-refractivity contribution in [2.24, 2.45) is 0 Å². The van der Waals surface area contributed by atoms with Crippen molar-refractivity contribution < 1.29 is 9.90 Å². The second-order valence-electron chi connectivity index (χ2n) is 4.42. The Hall–Kier alpha value is -1.23. The molecule has 2 N–H and O–H groups in total. The summed E-state index contributed by atoms with van der Waals surface area (Å²) < 4.78 is 0. The van der Waals surface area contributed by atoms with Gasteiger partial charge in [-0.2, -0.15) is 11.8 Å². The van der Waals surface area contributed by atoms with Crippen LogP contribution in [0.1, 0.15) is 34.5 Å². The highest BCUT2D eigenvalue weighted by Gasteiger charge is 2.19. The third kappa shape index (κ3) is 2.96. The lowest BCUT2D eigenvalue weighted by Gasteiger charge is -2.10. The minimum Gasteiger partial charge on any atom is -0.478 e. The van der Waals surface area contributed by atoms with Gasteiger partial charge in [0.1, 0.15) is 11.4 Å². The number of nitrogens with zero attached hydrogens (tertiary/aromatic N) is 1. The summed E-state index contributed by atoms with van der Waals surface area (Å²) in [5.74, 6) is 0.703. The van der Waals surface area contributed by atoms with Crippen LogP contribution in [0.2, 0.25) is 0 Å². The number of pyridine rings is 1. The molecule has 0 amide bonds. The van der Waals surface area contributed by atoms with Crippen molar-refractivity contribution >= 4 is 23.5 Å². The van der Waals surface area contributed by atoms with Gasteiger partial charge >= 0.3 is 5.97 Å². The monoisotopic (exact) mass is 266 g/mol. The van der Waals surface area contributed by atoms with Gasteiger partial charge in [0.05, 0.1) is 0 Å². The molecule has 1 heterocycles. The molecule has 1 aliphatic rings. The van der Waals surface area contributed by atoms with Crippen LogP contribution >= 0.6 is 11.8 Å². The molecule has 0 saturated carbocycles. The Labute approximate surface area is 111 Å². The lowest BCUT2D eigenvalue weighted by atomic mass is 10.1. The average Bonchev–Trinajstić information content (AvgIpc) is 2.80. The lowest BCUT2D eigenvalue weighted by Crippen LogP contribution is -2.11. The molecule has 18 heavy (non-hydrogen) atoms. The molecule has 0 aliphatic heterocycles. The molecule has 0 unspecified atom stereocenters. The SMILES string of the molecule is CSCCCNc1nc2c(cc1C(=O)O)CCC2. The summed E-state index contributed by atoms with van der Waals surface area (Å²) in [4.78, 5) is 15.7. The number of thioether (sulfide) groups is 1. The Morgan fingerprint density at radius 2 is 2.39 bits per heavy atom. The Bertz CT molecular complexity index is 449. The van der Waals surface area contributed by atoms with Crippen molar-refractivity contribution in [3.8, 4) is 0 Å². The zero-order chi connectivity index (χ0) is 13.0. The quantitative estimate of drug-likeness (QED) is 0.774. The van der Waals surface area contributed by atoms with Gasteiger partial charge in [-0.15, -0.1) is 0 Å². The highest BCUT2D eigenvalue weighted by atomic mass is 32.2. The van der Waals surface area contributed by atoms with Gasteiger partial charge in [0.25, 0.3) is 0 Å². The Morgan fingerprint density at radius 3 is 3.11 bits per heavy atom. The summed E-state index contributed by atoms with van der Waals surface area (Å²) in [5, 5.41) is 12.4. The summed E-state index contributed by atoms with van der Waals surface area (Å²) in [7, 11) is 0. The van der Waals surface area contributed by atoms with E-state index in [1.54, 1.807) is 17.8 Å². The van der Waals surface area contributed by atoms with Gasteiger partial charge in [0.2, 0.25) is 0 Å². The van der Waals surface area contributed by atoms with Crippen molar-refractivity contribution in [2.75, 3.05) is 23.9 Å². The molecular formula is C13H18N2O2S. The van der Waals surface area contributed by atoms with E-state index in [1.165, 1.54) is 0 Å². The first kappa shape index (κ1) is 13.2. The zero-order valence-electron chi connectivity index (χ0n) is 10.5. The van der Waals surface area contributed by atoms with E-state index < -0.39 is 5.97 Å². The van der Waals surface area contributed by atoms with E-state index in [4.69, 9.17) is 0 Å². The maximum atomic E-state index is 11.2. The number of rotatable bonds is 6. The summed E-state index contributed by atoms with van der Waals surface area (Å²) in [5.41, 5.74) is 2.47. The first-order chi connectivity index (χ1) is 8.72. The molecule has 0 fully saturated rings. The lowest BCUT2D eigenvalue weighted by molar-refractivity contribution is 0.0697. The van der Waals surface area contributed by atoms with Gasteiger partial charge in [-0.1, -0.05) is 0 Å². The number of hydrogen-bond acceptors (Lipinski definition) is 4. The third-order valence-electron chi connectivity index (χ3n) is 3.10. The van der Waals surface area contributed by atoms with Crippen molar-refractivity contribution in [2.45, 2.75) is 25.7 Å². The molecule has 0 saturated heterocycles. The fourth-order valence-corrected chi connectivity index (χ4v) is 2.63. The number of anilines is 1. The first-order valence-corrected chi connectivity index (χ1v) is 7.60. The number of carbonyl (C=O) groups is 1. The van der Waals surface area contributed by atoms with Crippen LogP contribution in [0.3, 0.4) is 0 Å². The van der Waals surface area contributed by atoms with Crippen molar-refractivity contribution in [1.29, 1.82) is 0 Å². The van der Waals surface area contributed by atoms with Crippen LogP contribution in [-0.2, 0) is 12.8 Å². The highest BCUT2D eigenvalue weighted by molar-refractivity contribution is 7.98. The molecule has 1 aliphatic carbocycles. The van der Waals surface area contributed by atoms with Crippen molar-refractivity contribution in [3.63, 3.8) is 0 Å². The number of carboxylic acids is 1. The second-order valence-corrected chi connectivity index (χ2v) is 5.41. The van der Waals surface area contributed by atoms with Crippen molar-refractivity contribution in [3.05, 3.63) is 22.9 Å². The molecule has 0 bridgehead atoms. The van der Waals surface area contributed by atoms with E-state index in [-0.39, 0.29) is 0 Å². The number of aromatic nitrogens is 1. The van der Waals surface area contributed by atoms with Crippen molar-refractivity contribution in [1.82, 2.24) is 4.98 Å². The normalized spacial score (nSPS) is 13.4. The molecule has 98 valence electrons. The smallest absolute Gasteiger partial charge is 0.339 e. The molecule has 0 spiro atoms. The van der Waals surface area contributed by atoms with Gasteiger partial charge in [0.15, 0.2) is 0 Å². The van der Waals surface area contributed by atoms with Crippen LogP contribution in [0.5, 0.6) is 0 Å². The zero-order valence-corrected chi connectivity index (χ0v) is 11.3. The van der Waals surface area contributed by atoms with E-state index >= 15 is 0 Å². The maximum Gasteiger partial charge on any atom is 0.339 e. The van der Waals surface area contributed by atoms with Crippen LogP contribution in [-0.4, -0.2) is 34.6 Å². The number of aryl methyl sites for hydroxylation is 2. The average molecular weight is 266 g/mol. The molecular weight excluding hydrogens is 248 g/mol. The van der Waals surface area contributed by atoms with Crippen LogP contribution in [0.15, 0.2) is 6.07 Å². The van der Waals surface area contributed by atoms with Crippen LogP contribution in [0.25, 0.3) is 0 Å². The first-order valence-electron chi connectivity index (χ1n) is 6.21. The standard InChI is InChI=1S/C13H18N2O2S/c1-18-7-3-6-14-12-10(13(16)17)8-9-4-2-5-11(9)15-12/h8H,2-7H2,1H3,(H,14,15)(H,16,17). The Morgan fingerprint density at radius 1 is 1.56 bits per heavy atom. The third-order valence-corrected chi connectivity index (χ3v) is 3.80. The molecule has 0 aromatic carbocycles. The summed E-state index contributed by atoms with van der Waals surface area (Å²) in [6, 6.07) is 1.79. The van der Waals surface area contributed by atoms with Gasteiger partial charge in [-0.25, -0.2) is 9.78 Å². The number of carboxylic acid groups (broad SMARTS) is 1. The number of nitrogens with one attached hydrogen (secondary N) is 1. The van der Waals surface area contributed by atoms with E-state index in [2.05, 4.69) is 16.6 Å².